The van der Waals surface area contributed by atoms with Gasteiger partial charge in [-0.2, -0.15) is 10.5 Å². The van der Waals surface area contributed by atoms with E-state index < -0.39 is 5.91 Å². The number of ether oxygens (including phenoxy) is 2. The minimum absolute atomic E-state index is 0.0752. The Morgan fingerprint density at radius 2 is 1.93 bits per heavy atom. The van der Waals surface area contributed by atoms with Crippen LogP contribution >= 0.6 is 31.9 Å². The summed E-state index contributed by atoms with van der Waals surface area (Å²) in [5.74, 6) is 0.275. The first kappa shape index (κ1) is 21.5. The summed E-state index contributed by atoms with van der Waals surface area (Å²) in [6.07, 6.45) is 1.45. The maximum absolute atomic E-state index is 12.5. The molecule has 0 aliphatic heterocycles. The first-order chi connectivity index (χ1) is 13.5. The van der Waals surface area contributed by atoms with Gasteiger partial charge >= 0.3 is 0 Å². The summed E-state index contributed by atoms with van der Waals surface area (Å²) < 4.78 is 12.3. The lowest BCUT2D eigenvalue weighted by atomic mass is 10.1. The molecule has 2 aromatic rings. The Bertz CT molecular complexity index is 991. The largest absolute Gasteiger partial charge is 0.490 e. The molecular formula is C20H15Br2N3O3. The highest BCUT2D eigenvalue weighted by Gasteiger charge is 2.14. The molecule has 0 fully saturated rings. The van der Waals surface area contributed by atoms with Gasteiger partial charge in [0.05, 0.1) is 6.61 Å². The third-order valence-electron chi connectivity index (χ3n) is 3.40. The van der Waals surface area contributed by atoms with Gasteiger partial charge in [-0.05, 0) is 48.9 Å². The van der Waals surface area contributed by atoms with E-state index in [4.69, 9.17) is 14.7 Å². The minimum Gasteiger partial charge on any atom is -0.490 e. The summed E-state index contributed by atoms with van der Waals surface area (Å²) in [6, 6.07) is 14.2. The molecule has 0 aliphatic rings. The lowest BCUT2D eigenvalue weighted by molar-refractivity contribution is -0.112. The van der Waals surface area contributed by atoms with E-state index in [9.17, 15) is 10.1 Å². The number of hydrogen-bond donors (Lipinski definition) is 1. The number of carbonyl (C=O) groups excluding carboxylic acids is 1. The van der Waals surface area contributed by atoms with Crippen LogP contribution in [-0.4, -0.2) is 19.1 Å². The topological polar surface area (TPSA) is 95.1 Å². The number of nitrogens with one attached hydrogen (secondary N) is 1. The van der Waals surface area contributed by atoms with Crippen LogP contribution in [0.2, 0.25) is 0 Å². The molecule has 0 aliphatic carbocycles. The van der Waals surface area contributed by atoms with Crippen molar-refractivity contribution in [2.75, 3.05) is 18.5 Å². The van der Waals surface area contributed by atoms with Gasteiger partial charge in [-0.1, -0.05) is 37.9 Å². The Balaban J connectivity index is 2.34. The van der Waals surface area contributed by atoms with E-state index in [-0.39, 0.29) is 12.2 Å². The van der Waals surface area contributed by atoms with E-state index in [1.165, 1.54) is 6.08 Å². The van der Waals surface area contributed by atoms with Crippen molar-refractivity contribution in [2.24, 2.45) is 0 Å². The predicted molar refractivity (Wildman–Crippen MR) is 113 cm³/mol. The van der Waals surface area contributed by atoms with E-state index in [0.29, 0.717) is 33.8 Å². The average molecular weight is 505 g/mol. The molecule has 8 heteroatoms. The van der Waals surface area contributed by atoms with Crippen LogP contribution in [0.25, 0.3) is 6.08 Å². The standard InChI is InChI=1S/C20H15Br2N3O3/c1-2-27-18-9-13(17(22)11-19(18)28-7-6-23)8-14(12-24)20(26)25-16-5-3-4-15(21)10-16/h3-5,8-11H,2,7H2,1H3,(H,25,26)/b14-8-. The molecule has 0 saturated carbocycles. The van der Waals surface area contributed by atoms with Gasteiger partial charge in [0.25, 0.3) is 5.91 Å². The highest BCUT2D eigenvalue weighted by molar-refractivity contribution is 9.10. The summed E-state index contributed by atoms with van der Waals surface area (Å²) in [5, 5.41) is 20.8. The second-order valence-corrected chi connectivity index (χ2v) is 7.10. The molecule has 2 rings (SSSR count). The van der Waals surface area contributed by atoms with Crippen LogP contribution in [0.1, 0.15) is 12.5 Å². The van der Waals surface area contributed by atoms with Crippen LogP contribution < -0.4 is 14.8 Å². The van der Waals surface area contributed by atoms with Crippen LogP contribution in [0, 0.1) is 22.7 Å². The fourth-order valence-corrected chi connectivity index (χ4v) is 3.06. The third-order valence-corrected chi connectivity index (χ3v) is 4.58. The Hall–Kier alpha value is -2.81. The van der Waals surface area contributed by atoms with E-state index in [2.05, 4.69) is 37.2 Å². The summed E-state index contributed by atoms with van der Waals surface area (Å²) in [7, 11) is 0. The number of carbonyl (C=O) groups is 1. The van der Waals surface area contributed by atoms with Crippen molar-refractivity contribution < 1.29 is 14.3 Å². The zero-order chi connectivity index (χ0) is 20.5. The van der Waals surface area contributed by atoms with Gasteiger partial charge in [-0.3, -0.25) is 4.79 Å². The highest BCUT2D eigenvalue weighted by atomic mass is 79.9. The molecule has 2 aromatic carbocycles. The maximum Gasteiger partial charge on any atom is 0.266 e. The summed E-state index contributed by atoms with van der Waals surface area (Å²) in [6.45, 7) is 2.08. The van der Waals surface area contributed by atoms with Crippen molar-refractivity contribution in [3.05, 3.63) is 56.5 Å². The fourth-order valence-electron chi connectivity index (χ4n) is 2.22. The Kier molecular flexibility index (Phi) is 8.06. The molecule has 0 unspecified atom stereocenters. The molecule has 1 N–H and O–H groups in total. The van der Waals surface area contributed by atoms with Crippen LogP contribution in [0.15, 0.2) is 50.9 Å². The molecule has 0 bridgehead atoms. The van der Waals surface area contributed by atoms with E-state index in [1.54, 1.807) is 30.3 Å². The summed E-state index contributed by atoms with van der Waals surface area (Å²) >= 11 is 6.73. The number of rotatable bonds is 7. The van der Waals surface area contributed by atoms with Crippen molar-refractivity contribution in [1.29, 1.82) is 10.5 Å². The fraction of sp³-hybridized carbons (Fsp3) is 0.150. The van der Waals surface area contributed by atoms with E-state index >= 15 is 0 Å². The molecule has 6 nitrogen and oxygen atoms in total. The smallest absolute Gasteiger partial charge is 0.266 e. The Morgan fingerprint density at radius 1 is 1.18 bits per heavy atom. The highest BCUT2D eigenvalue weighted by Crippen LogP contribution is 2.35. The van der Waals surface area contributed by atoms with Gasteiger partial charge in [0.2, 0.25) is 0 Å². The van der Waals surface area contributed by atoms with Gasteiger partial charge in [0, 0.05) is 14.6 Å². The number of hydrogen-bond acceptors (Lipinski definition) is 5. The molecule has 1 amide bonds. The second kappa shape index (κ2) is 10.5. The Labute approximate surface area is 179 Å². The number of anilines is 1. The van der Waals surface area contributed by atoms with E-state index in [1.807, 2.05) is 25.1 Å². The molecule has 0 aromatic heterocycles. The molecule has 28 heavy (non-hydrogen) atoms. The monoisotopic (exact) mass is 503 g/mol. The molecule has 0 heterocycles. The molecule has 0 radical (unpaired) electrons. The van der Waals surface area contributed by atoms with Crippen LogP contribution in [0.4, 0.5) is 5.69 Å². The van der Waals surface area contributed by atoms with Crippen LogP contribution in [-0.2, 0) is 4.79 Å². The van der Waals surface area contributed by atoms with Crippen LogP contribution in [0.3, 0.4) is 0 Å². The molecule has 0 saturated heterocycles. The predicted octanol–water partition coefficient (Wildman–Crippen LogP) is 5.06. The lowest BCUT2D eigenvalue weighted by Gasteiger charge is -2.12. The molecular weight excluding hydrogens is 490 g/mol. The molecule has 0 spiro atoms. The summed E-state index contributed by atoms with van der Waals surface area (Å²) in [5.41, 5.74) is 1.05. The van der Waals surface area contributed by atoms with Crippen molar-refractivity contribution in [3.63, 3.8) is 0 Å². The zero-order valence-electron chi connectivity index (χ0n) is 14.8. The average Bonchev–Trinajstić information content (AvgIpc) is 2.66. The lowest BCUT2D eigenvalue weighted by Crippen LogP contribution is -2.13. The minimum atomic E-state index is -0.532. The van der Waals surface area contributed by atoms with Crippen molar-refractivity contribution in [2.45, 2.75) is 6.92 Å². The molecule has 0 atom stereocenters. The van der Waals surface area contributed by atoms with Crippen LogP contribution in [0.5, 0.6) is 11.5 Å². The quantitative estimate of drug-likeness (QED) is 0.420. The van der Waals surface area contributed by atoms with E-state index in [0.717, 1.165) is 4.47 Å². The second-order valence-electron chi connectivity index (χ2n) is 5.33. The van der Waals surface area contributed by atoms with Gasteiger partial charge in [-0.25, -0.2) is 0 Å². The summed E-state index contributed by atoms with van der Waals surface area (Å²) in [4.78, 5) is 12.5. The van der Waals surface area contributed by atoms with Gasteiger partial charge < -0.3 is 14.8 Å². The van der Waals surface area contributed by atoms with Gasteiger partial charge in [-0.15, -0.1) is 0 Å². The maximum atomic E-state index is 12.5. The number of benzene rings is 2. The number of nitrogens with zero attached hydrogens (tertiary/aromatic N) is 2. The SMILES string of the molecule is CCOc1cc(/C=C(/C#N)C(=O)Nc2cccc(Br)c2)c(Br)cc1OCC#N. The van der Waals surface area contributed by atoms with Gasteiger partial charge in [0.15, 0.2) is 18.1 Å². The first-order valence-electron chi connectivity index (χ1n) is 8.13. The first-order valence-corrected chi connectivity index (χ1v) is 9.71. The van der Waals surface area contributed by atoms with Crippen molar-refractivity contribution in [3.8, 4) is 23.6 Å². The normalized spacial score (nSPS) is 10.5. The number of nitriles is 2. The van der Waals surface area contributed by atoms with Crippen molar-refractivity contribution >= 4 is 49.5 Å². The molecule has 142 valence electrons. The number of amides is 1. The third kappa shape index (κ3) is 5.85. The van der Waals surface area contributed by atoms with Gasteiger partial charge in [0.1, 0.15) is 17.7 Å². The zero-order valence-corrected chi connectivity index (χ0v) is 18.0. The number of halogens is 2. The van der Waals surface area contributed by atoms with Crippen molar-refractivity contribution in [1.82, 2.24) is 0 Å². The Morgan fingerprint density at radius 3 is 2.57 bits per heavy atom.